The lowest BCUT2D eigenvalue weighted by atomic mass is 10.1. The molecule has 13 heavy (non-hydrogen) atoms. The first-order valence-electron chi connectivity index (χ1n) is 3.74. The Balaban J connectivity index is 2.71. The van der Waals surface area contributed by atoms with Crippen LogP contribution in [0.1, 0.15) is 11.1 Å². The third kappa shape index (κ3) is 1.00. The minimum absolute atomic E-state index is 0.0714. The lowest BCUT2D eigenvalue weighted by Crippen LogP contribution is -1.92. The lowest BCUT2D eigenvalue weighted by Gasteiger charge is -1.97. The number of nitro benzene ring substituents is 1. The Kier molecular flexibility index (Phi) is 1.53. The Morgan fingerprint density at radius 1 is 1.38 bits per heavy atom. The van der Waals surface area contributed by atoms with Gasteiger partial charge in [0.05, 0.1) is 25.5 Å². The van der Waals surface area contributed by atoms with Gasteiger partial charge < -0.3 is 0 Å². The minimum Gasteiger partial charge on any atom is -0.258 e. The Morgan fingerprint density at radius 2 is 2.00 bits per heavy atom. The molecule has 1 heterocycles. The lowest BCUT2D eigenvalue weighted by molar-refractivity contribution is -0.385. The zero-order valence-electron chi connectivity index (χ0n) is 7.16. The van der Waals surface area contributed by atoms with Crippen LogP contribution < -0.4 is 0 Å². The van der Waals surface area contributed by atoms with E-state index in [1.54, 1.807) is 13.8 Å². The van der Waals surface area contributed by atoms with Gasteiger partial charge in [0, 0.05) is 11.6 Å². The maximum absolute atomic E-state index is 11.2. The second-order valence-electron chi connectivity index (χ2n) is 3.00. The quantitative estimate of drug-likeness (QED) is 0.397. The molecule has 0 bridgehead atoms. The third-order valence-corrected chi connectivity index (χ3v) is 3.73. The molecule has 1 aliphatic rings. The summed E-state index contributed by atoms with van der Waals surface area (Å²) in [7, 11) is -1.07. The molecule has 1 aromatic rings. The molecule has 0 spiro atoms. The summed E-state index contributed by atoms with van der Waals surface area (Å²) in [6, 6.07) is 1.41. The Bertz CT molecular complexity index is 453. The number of nitrogens with zero attached hydrogens (tertiary/aromatic N) is 1. The van der Waals surface area contributed by atoms with Crippen LogP contribution in [0.3, 0.4) is 0 Å². The van der Waals surface area contributed by atoms with Gasteiger partial charge in [0.25, 0.3) is 5.69 Å². The number of nitro groups is 1. The van der Waals surface area contributed by atoms with Gasteiger partial charge in [0.1, 0.15) is 0 Å². The van der Waals surface area contributed by atoms with Crippen molar-refractivity contribution in [1.29, 1.82) is 0 Å². The van der Waals surface area contributed by atoms with Gasteiger partial charge in [-0.25, -0.2) is 4.21 Å². The van der Waals surface area contributed by atoms with Gasteiger partial charge in [-0.05, 0) is 19.4 Å². The average molecular weight is 197 g/mol. The number of hydrogen-bond donors (Lipinski definition) is 0. The standard InChI is InChI=1S/C8H7NO3S/c1-4-5(2)8-7(13(8)12)3-6(4)9(10)11/h3H,1-2H3. The van der Waals surface area contributed by atoms with Gasteiger partial charge in [-0.15, -0.1) is 0 Å². The van der Waals surface area contributed by atoms with Crippen LogP contribution in [0.15, 0.2) is 15.9 Å². The van der Waals surface area contributed by atoms with Crippen molar-refractivity contribution in [3.05, 3.63) is 27.3 Å². The molecule has 5 heteroatoms. The van der Waals surface area contributed by atoms with Gasteiger partial charge in [0.2, 0.25) is 0 Å². The summed E-state index contributed by atoms with van der Waals surface area (Å²) in [4.78, 5) is 11.5. The zero-order valence-corrected chi connectivity index (χ0v) is 7.97. The van der Waals surface area contributed by atoms with E-state index in [4.69, 9.17) is 0 Å². The zero-order chi connectivity index (χ0) is 9.75. The van der Waals surface area contributed by atoms with E-state index < -0.39 is 15.7 Å². The first kappa shape index (κ1) is 8.37. The Labute approximate surface area is 77.2 Å². The monoisotopic (exact) mass is 197 g/mol. The predicted octanol–water partition coefficient (Wildman–Crippen LogP) is 1.69. The van der Waals surface area contributed by atoms with E-state index in [1.807, 2.05) is 0 Å². The van der Waals surface area contributed by atoms with Crippen LogP contribution in [0.25, 0.3) is 0 Å². The fraction of sp³-hybridized carbons (Fsp3) is 0.250. The first-order valence-corrected chi connectivity index (χ1v) is 4.89. The highest BCUT2D eigenvalue weighted by molar-refractivity contribution is 7.91. The van der Waals surface area contributed by atoms with Gasteiger partial charge in [-0.1, -0.05) is 0 Å². The first-order chi connectivity index (χ1) is 6.04. The van der Waals surface area contributed by atoms with E-state index in [-0.39, 0.29) is 5.69 Å². The van der Waals surface area contributed by atoms with Crippen LogP contribution in [0.2, 0.25) is 0 Å². The summed E-state index contributed by atoms with van der Waals surface area (Å²) in [6.07, 6.45) is 0. The van der Waals surface area contributed by atoms with Crippen LogP contribution in [0.5, 0.6) is 0 Å². The molecule has 0 aromatic heterocycles. The smallest absolute Gasteiger partial charge is 0.258 e. The topological polar surface area (TPSA) is 60.2 Å². The highest BCUT2D eigenvalue weighted by Gasteiger charge is 2.35. The molecule has 0 saturated heterocycles. The molecule has 1 atom stereocenters. The van der Waals surface area contributed by atoms with Crippen molar-refractivity contribution in [2.75, 3.05) is 0 Å². The van der Waals surface area contributed by atoms with Crippen molar-refractivity contribution in [3.8, 4) is 0 Å². The summed E-state index contributed by atoms with van der Waals surface area (Å²) in [6.45, 7) is 3.45. The van der Waals surface area contributed by atoms with E-state index >= 15 is 0 Å². The van der Waals surface area contributed by atoms with E-state index in [1.165, 1.54) is 6.07 Å². The molecule has 0 fully saturated rings. The van der Waals surface area contributed by atoms with Gasteiger partial charge in [-0.2, -0.15) is 0 Å². The van der Waals surface area contributed by atoms with E-state index in [0.717, 1.165) is 10.5 Å². The Morgan fingerprint density at radius 3 is 2.54 bits per heavy atom. The second kappa shape index (κ2) is 2.38. The summed E-state index contributed by atoms with van der Waals surface area (Å²) >= 11 is 0. The van der Waals surface area contributed by atoms with Crippen molar-refractivity contribution in [1.82, 2.24) is 0 Å². The highest BCUT2D eigenvalue weighted by atomic mass is 32.2. The fourth-order valence-electron chi connectivity index (χ4n) is 1.37. The van der Waals surface area contributed by atoms with E-state index in [2.05, 4.69) is 0 Å². The van der Waals surface area contributed by atoms with Crippen LogP contribution in [-0.4, -0.2) is 9.13 Å². The normalized spacial score (nSPS) is 18.2. The van der Waals surface area contributed by atoms with Crippen molar-refractivity contribution in [3.63, 3.8) is 0 Å². The molecule has 68 valence electrons. The third-order valence-electron chi connectivity index (χ3n) is 2.32. The Hall–Kier alpha value is -1.23. The SMILES string of the molecule is Cc1c([N+](=O)[O-])cc2c(c1C)S2=O. The molecule has 0 aliphatic carbocycles. The van der Waals surface area contributed by atoms with Crippen molar-refractivity contribution in [2.45, 2.75) is 23.6 Å². The maximum atomic E-state index is 11.2. The summed E-state index contributed by atoms with van der Waals surface area (Å²) < 4.78 is 11.2. The largest absolute Gasteiger partial charge is 0.273 e. The van der Waals surface area contributed by atoms with Gasteiger partial charge in [0.15, 0.2) is 0 Å². The van der Waals surface area contributed by atoms with Crippen molar-refractivity contribution in [2.24, 2.45) is 0 Å². The number of benzene rings is 1. The van der Waals surface area contributed by atoms with E-state index in [0.29, 0.717) is 10.5 Å². The van der Waals surface area contributed by atoms with Crippen molar-refractivity contribution >= 4 is 16.5 Å². The maximum Gasteiger partial charge on any atom is 0.273 e. The van der Waals surface area contributed by atoms with Crippen LogP contribution >= 0.6 is 0 Å². The molecule has 1 unspecified atom stereocenters. The van der Waals surface area contributed by atoms with Crippen LogP contribution in [0.4, 0.5) is 5.69 Å². The number of fused-ring (bicyclic) bond motifs is 1. The molecular weight excluding hydrogens is 190 g/mol. The van der Waals surface area contributed by atoms with Gasteiger partial charge in [-0.3, -0.25) is 10.1 Å². The highest BCUT2D eigenvalue weighted by Crippen LogP contribution is 2.43. The fourth-order valence-corrected chi connectivity index (χ4v) is 2.63. The molecule has 1 aliphatic heterocycles. The van der Waals surface area contributed by atoms with Crippen LogP contribution in [0, 0.1) is 24.0 Å². The molecule has 0 amide bonds. The van der Waals surface area contributed by atoms with Gasteiger partial charge >= 0.3 is 0 Å². The molecule has 1 aromatic carbocycles. The van der Waals surface area contributed by atoms with Crippen LogP contribution in [-0.2, 0) is 10.8 Å². The van der Waals surface area contributed by atoms with Crippen molar-refractivity contribution < 1.29 is 9.13 Å². The summed E-state index contributed by atoms with van der Waals surface area (Å²) in [5, 5.41) is 10.6. The van der Waals surface area contributed by atoms with E-state index in [9.17, 15) is 14.3 Å². The molecule has 0 saturated carbocycles. The molecule has 0 radical (unpaired) electrons. The second-order valence-corrected chi connectivity index (χ2v) is 4.38. The molecular formula is C8H7NO3S. The summed E-state index contributed by atoms with van der Waals surface area (Å²) in [5.41, 5.74) is 1.49. The number of hydrogen-bond acceptors (Lipinski definition) is 3. The molecule has 2 rings (SSSR count). The number of rotatable bonds is 1. The molecule has 4 nitrogen and oxygen atoms in total. The minimum atomic E-state index is -1.07. The molecule has 0 N–H and O–H groups in total. The predicted molar refractivity (Wildman–Crippen MR) is 47.2 cm³/mol. The summed E-state index contributed by atoms with van der Waals surface area (Å²) in [5.74, 6) is 0. The average Bonchev–Trinajstić information content (AvgIpc) is 2.69.